The highest BCUT2D eigenvalue weighted by atomic mass is 32.2. The lowest BCUT2D eigenvalue weighted by molar-refractivity contribution is 0.0595. The molecule has 1 aromatic carbocycles. The molecular formula is C16H19FO5S. The van der Waals surface area contributed by atoms with Crippen LogP contribution in [0.1, 0.15) is 42.6 Å². The van der Waals surface area contributed by atoms with E-state index in [0.717, 1.165) is 37.8 Å². The molecule has 0 aliphatic heterocycles. The summed E-state index contributed by atoms with van der Waals surface area (Å²) in [6.07, 6.45) is 4.51. The number of hydrogen-bond donors (Lipinski definition) is 0. The second-order valence-electron chi connectivity index (χ2n) is 6.15. The number of esters is 1. The van der Waals surface area contributed by atoms with E-state index >= 15 is 0 Å². The van der Waals surface area contributed by atoms with E-state index in [0.29, 0.717) is 5.56 Å². The number of hydrogen-bond acceptors (Lipinski definition) is 5. The molecule has 5 nitrogen and oxygen atoms in total. The molecule has 0 atom stereocenters. The predicted octanol–water partition coefficient (Wildman–Crippen LogP) is 3.15. The lowest BCUT2D eigenvalue weighted by Gasteiger charge is -2.24. The predicted molar refractivity (Wildman–Crippen MR) is 84.2 cm³/mol. The summed E-state index contributed by atoms with van der Waals surface area (Å²) >= 11 is 0. The van der Waals surface area contributed by atoms with Crippen LogP contribution in [-0.2, 0) is 14.9 Å². The molecule has 0 bridgehead atoms. The summed E-state index contributed by atoms with van der Waals surface area (Å²) in [7, 11) is -2.68. The zero-order valence-electron chi connectivity index (χ0n) is 13.5. The summed E-state index contributed by atoms with van der Waals surface area (Å²) < 4.78 is 46.5. The van der Waals surface area contributed by atoms with E-state index < -0.39 is 21.9 Å². The van der Waals surface area contributed by atoms with Gasteiger partial charge in [0.15, 0.2) is 5.75 Å². The Bertz CT molecular complexity index is 778. The zero-order valence-corrected chi connectivity index (χ0v) is 14.3. The Morgan fingerprint density at radius 3 is 2.43 bits per heavy atom. The van der Waals surface area contributed by atoms with Crippen molar-refractivity contribution in [1.29, 1.82) is 0 Å². The topological polar surface area (TPSA) is 69.7 Å². The van der Waals surface area contributed by atoms with Crippen molar-refractivity contribution in [3.05, 3.63) is 35.2 Å². The summed E-state index contributed by atoms with van der Waals surface area (Å²) in [5, 5.41) is 0. The third-order valence-electron chi connectivity index (χ3n) is 3.85. The van der Waals surface area contributed by atoms with Crippen molar-refractivity contribution >= 4 is 21.7 Å². The van der Waals surface area contributed by atoms with Crippen molar-refractivity contribution in [1.82, 2.24) is 0 Å². The van der Waals surface area contributed by atoms with Crippen LogP contribution in [0.4, 0.5) is 4.39 Å². The number of rotatable bonds is 4. The fraction of sp³-hybridized carbons (Fsp3) is 0.438. The van der Waals surface area contributed by atoms with E-state index in [1.807, 2.05) is 19.9 Å². The lowest BCUT2D eigenvalue weighted by Crippen LogP contribution is -2.14. The number of carbonyl (C=O) groups is 1. The maximum Gasteiger partial charge on any atom is 0.340 e. The molecule has 1 aliphatic carbocycles. The van der Waals surface area contributed by atoms with Crippen molar-refractivity contribution < 1.29 is 26.5 Å². The Morgan fingerprint density at radius 1 is 1.30 bits per heavy atom. The molecule has 2 rings (SSSR count). The molecule has 0 radical (unpaired) electrons. The molecule has 23 heavy (non-hydrogen) atoms. The Labute approximate surface area is 135 Å². The van der Waals surface area contributed by atoms with E-state index in [1.54, 1.807) is 0 Å². The smallest absolute Gasteiger partial charge is 0.340 e. The van der Waals surface area contributed by atoms with Gasteiger partial charge < -0.3 is 8.92 Å². The summed E-state index contributed by atoms with van der Waals surface area (Å²) in [4.78, 5) is 11.7. The minimum Gasteiger partial charge on any atom is -0.465 e. The van der Waals surface area contributed by atoms with Crippen LogP contribution < -0.4 is 4.18 Å². The maximum atomic E-state index is 14.1. The van der Waals surface area contributed by atoms with Gasteiger partial charge in [-0.25, -0.2) is 9.18 Å². The molecule has 0 heterocycles. The first kappa shape index (κ1) is 17.5. The number of methoxy groups -OCH3 is 1. The molecule has 0 aromatic heterocycles. The Kier molecular flexibility index (Phi) is 4.52. The number of ether oxygens (including phenoxy) is 1. The molecule has 0 spiro atoms. The first-order chi connectivity index (χ1) is 10.5. The van der Waals surface area contributed by atoms with E-state index in [-0.39, 0.29) is 16.7 Å². The zero-order chi connectivity index (χ0) is 17.4. The van der Waals surface area contributed by atoms with Crippen molar-refractivity contribution in [2.75, 3.05) is 13.4 Å². The van der Waals surface area contributed by atoms with Gasteiger partial charge in [0.05, 0.1) is 18.9 Å². The average Bonchev–Trinajstić information content (AvgIpc) is 2.76. The molecule has 0 saturated carbocycles. The van der Waals surface area contributed by atoms with Crippen LogP contribution in [0.25, 0.3) is 5.57 Å². The highest BCUT2D eigenvalue weighted by Gasteiger charge is 2.32. The average molecular weight is 342 g/mol. The van der Waals surface area contributed by atoms with Crippen LogP contribution >= 0.6 is 0 Å². The fourth-order valence-corrected chi connectivity index (χ4v) is 3.19. The molecule has 0 N–H and O–H groups in total. The van der Waals surface area contributed by atoms with Gasteiger partial charge in [0, 0.05) is 11.6 Å². The van der Waals surface area contributed by atoms with Gasteiger partial charge in [0.2, 0.25) is 0 Å². The molecule has 0 fully saturated rings. The number of benzene rings is 1. The minimum absolute atomic E-state index is 0.126. The number of halogens is 1. The summed E-state index contributed by atoms with van der Waals surface area (Å²) in [5.74, 6) is -1.85. The maximum absolute atomic E-state index is 14.1. The second-order valence-corrected chi connectivity index (χ2v) is 7.72. The van der Waals surface area contributed by atoms with Crippen LogP contribution in [0, 0.1) is 11.2 Å². The van der Waals surface area contributed by atoms with Crippen LogP contribution in [0.15, 0.2) is 18.2 Å². The summed E-state index contributed by atoms with van der Waals surface area (Å²) in [5.41, 5.74) is 0.717. The van der Waals surface area contributed by atoms with Crippen LogP contribution in [0.3, 0.4) is 0 Å². The van der Waals surface area contributed by atoms with Crippen LogP contribution in [-0.4, -0.2) is 27.8 Å². The molecule has 1 aliphatic rings. The SMILES string of the molecule is COC(=O)c1cc(C2=CCCC2(C)C)c(OS(C)(=O)=O)cc1F. The Balaban J connectivity index is 2.67. The van der Waals surface area contributed by atoms with Crippen molar-refractivity contribution in [3.8, 4) is 5.75 Å². The van der Waals surface area contributed by atoms with Gasteiger partial charge in [-0.15, -0.1) is 0 Å². The van der Waals surface area contributed by atoms with Gasteiger partial charge in [-0.3, -0.25) is 0 Å². The van der Waals surface area contributed by atoms with Gasteiger partial charge in [-0.05, 0) is 29.9 Å². The molecule has 0 saturated heterocycles. The third kappa shape index (κ3) is 3.72. The Morgan fingerprint density at radius 2 is 1.96 bits per heavy atom. The first-order valence-electron chi connectivity index (χ1n) is 7.07. The van der Waals surface area contributed by atoms with Gasteiger partial charge >= 0.3 is 16.1 Å². The monoisotopic (exact) mass is 342 g/mol. The van der Waals surface area contributed by atoms with Crippen LogP contribution in [0.2, 0.25) is 0 Å². The molecule has 7 heteroatoms. The van der Waals surface area contributed by atoms with E-state index in [2.05, 4.69) is 4.74 Å². The second kappa shape index (κ2) is 5.96. The Hall–Kier alpha value is -1.89. The molecule has 0 amide bonds. The van der Waals surface area contributed by atoms with Crippen molar-refractivity contribution in [2.24, 2.45) is 5.41 Å². The first-order valence-corrected chi connectivity index (χ1v) is 8.89. The van der Waals surface area contributed by atoms with Gasteiger partial charge in [0.1, 0.15) is 5.82 Å². The van der Waals surface area contributed by atoms with Gasteiger partial charge in [-0.1, -0.05) is 19.9 Å². The van der Waals surface area contributed by atoms with Gasteiger partial charge in [-0.2, -0.15) is 8.42 Å². The highest BCUT2D eigenvalue weighted by molar-refractivity contribution is 7.86. The number of carbonyl (C=O) groups excluding carboxylic acids is 1. The van der Waals surface area contributed by atoms with E-state index in [4.69, 9.17) is 4.18 Å². The molecule has 126 valence electrons. The quantitative estimate of drug-likeness (QED) is 0.621. The minimum atomic E-state index is -3.83. The standard InChI is InChI=1S/C16H19FO5S/c1-16(2)7-5-6-12(16)10-8-11(15(18)21-3)13(17)9-14(10)22-23(4,19)20/h6,8-9H,5,7H2,1-4H3. The van der Waals surface area contributed by atoms with Crippen molar-refractivity contribution in [2.45, 2.75) is 26.7 Å². The summed E-state index contributed by atoms with van der Waals surface area (Å²) in [6, 6.07) is 2.21. The summed E-state index contributed by atoms with van der Waals surface area (Å²) in [6.45, 7) is 3.99. The number of allylic oxidation sites excluding steroid dienone is 2. The van der Waals surface area contributed by atoms with Crippen LogP contribution in [0.5, 0.6) is 5.75 Å². The largest absolute Gasteiger partial charge is 0.465 e. The molecule has 0 unspecified atom stereocenters. The van der Waals surface area contributed by atoms with Crippen molar-refractivity contribution in [3.63, 3.8) is 0 Å². The fourth-order valence-electron chi connectivity index (χ4n) is 2.73. The molecule has 1 aromatic rings. The van der Waals surface area contributed by atoms with E-state index in [9.17, 15) is 17.6 Å². The third-order valence-corrected chi connectivity index (χ3v) is 4.34. The van der Waals surface area contributed by atoms with Gasteiger partial charge in [0.25, 0.3) is 0 Å². The normalized spacial score (nSPS) is 16.8. The highest BCUT2D eigenvalue weighted by Crippen LogP contribution is 2.47. The van der Waals surface area contributed by atoms with E-state index in [1.165, 1.54) is 6.07 Å². The lowest BCUT2D eigenvalue weighted by atomic mass is 9.81. The molecular weight excluding hydrogens is 323 g/mol.